The van der Waals surface area contributed by atoms with Gasteiger partial charge in [-0.25, -0.2) is 0 Å². The van der Waals surface area contributed by atoms with Gasteiger partial charge >= 0.3 is 0 Å². The molecule has 0 radical (unpaired) electrons. The molecule has 2 aromatic rings. The van der Waals surface area contributed by atoms with Crippen molar-refractivity contribution in [1.82, 2.24) is 0 Å². The first-order valence-electron chi connectivity index (χ1n) is 6.78. The summed E-state index contributed by atoms with van der Waals surface area (Å²) in [6.45, 7) is 0.249. The van der Waals surface area contributed by atoms with Crippen molar-refractivity contribution in [2.45, 2.75) is 12.8 Å². The summed E-state index contributed by atoms with van der Waals surface area (Å²) in [5, 5.41) is 0. The van der Waals surface area contributed by atoms with Crippen molar-refractivity contribution in [3.8, 4) is 17.2 Å². The molecule has 4 heteroatoms. The van der Waals surface area contributed by atoms with Crippen LogP contribution in [-0.4, -0.2) is 19.7 Å². The zero-order chi connectivity index (χ0) is 14.7. The van der Waals surface area contributed by atoms with Gasteiger partial charge in [0.15, 0.2) is 11.5 Å². The molecule has 0 aliphatic carbocycles. The third-order valence-electron chi connectivity index (χ3n) is 3.40. The van der Waals surface area contributed by atoms with Crippen molar-refractivity contribution in [3.05, 3.63) is 53.6 Å². The molecular formula is C17H16O4. The van der Waals surface area contributed by atoms with E-state index in [4.69, 9.17) is 14.2 Å². The second-order valence-electron chi connectivity index (χ2n) is 4.93. The van der Waals surface area contributed by atoms with Gasteiger partial charge in [-0.15, -0.1) is 0 Å². The maximum absolute atomic E-state index is 12.1. The first kappa shape index (κ1) is 13.5. The van der Waals surface area contributed by atoms with Gasteiger partial charge < -0.3 is 14.2 Å². The molecule has 21 heavy (non-hydrogen) atoms. The highest BCUT2D eigenvalue weighted by Gasteiger charge is 2.14. The summed E-state index contributed by atoms with van der Waals surface area (Å²) in [4.78, 5) is 12.1. The molecule has 0 fully saturated rings. The monoisotopic (exact) mass is 284 g/mol. The number of ketones is 1. The lowest BCUT2D eigenvalue weighted by Gasteiger charge is -2.04. The Morgan fingerprint density at radius 1 is 1.00 bits per heavy atom. The lowest BCUT2D eigenvalue weighted by Crippen LogP contribution is -2.06. The normalized spacial score (nSPS) is 12.2. The minimum atomic E-state index is 0.166. The smallest absolute Gasteiger partial charge is 0.231 e. The van der Waals surface area contributed by atoms with Gasteiger partial charge in [0.25, 0.3) is 0 Å². The quantitative estimate of drug-likeness (QED) is 0.847. The van der Waals surface area contributed by atoms with Gasteiger partial charge in [0.05, 0.1) is 7.11 Å². The SMILES string of the molecule is COc1ccc(CC(=O)Cc2ccc3c(c2)OCO3)cc1. The zero-order valence-electron chi connectivity index (χ0n) is 11.8. The van der Waals surface area contributed by atoms with Crippen LogP contribution in [0.25, 0.3) is 0 Å². The number of hydrogen-bond acceptors (Lipinski definition) is 4. The van der Waals surface area contributed by atoms with Crippen LogP contribution < -0.4 is 14.2 Å². The second-order valence-corrected chi connectivity index (χ2v) is 4.93. The number of Topliss-reactive ketones (excluding diaryl/α,β-unsaturated/α-hetero) is 1. The van der Waals surface area contributed by atoms with Crippen LogP contribution in [0.1, 0.15) is 11.1 Å². The molecule has 3 rings (SSSR count). The largest absolute Gasteiger partial charge is 0.497 e. The maximum Gasteiger partial charge on any atom is 0.231 e. The molecule has 0 N–H and O–H groups in total. The summed E-state index contributed by atoms with van der Waals surface area (Å²) >= 11 is 0. The molecule has 4 nitrogen and oxygen atoms in total. The predicted molar refractivity (Wildman–Crippen MR) is 78.0 cm³/mol. The molecule has 0 aromatic heterocycles. The fraction of sp³-hybridized carbons (Fsp3) is 0.235. The molecule has 0 unspecified atom stereocenters. The van der Waals surface area contributed by atoms with Crippen LogP contribution in [-0.2, 0) is 17.6 Å². The van der Waals surface area contributed by atoms with Crippen molar-refractivity contribution < 1.29 is 19.0 Å². The van der Waals surface area contributed by atoms with Crippen LogP contribution in [0.4, 0.5) is 0 Å². The Kier molecular flexibility index (Phi) is 3.77. The molecule has 0 saturated heterocycles. The number of ether oxygens (including phenoxy) is 3. The second kappa shape index (κ2) is 5.87. The van der Waals surface area contributed by atoms with Gasteiger partial charge in [0.1, 0.15) is 11.5 Å². The number of hydrogen-bond donors (Lipinski definition) is 0. The minimum Gasteiger partial charge on any atom is -0.497 e. The Hall–Kier alpha value is -2.49. The van der Waals surface area contributed by atoms with Gasteiger partial charge in [-0.2, -0.15) is 0 Å². The third-order valence-corrected chi connectivity index (χ3v) is 3.40. The molecule has 0 atom stereocenters. The number of benzene rings is 2. The van der Waals surface area contributed by atoms with E-state index in [1.165, 1.54) is 0 Å². The average Bonchev–Trinajstić information content (AvgIpc) is 2.95. The van der Waals surface area contributed by atoms with Crippen molar-refractivity contribution in [2.75, 3.05) is 13.9 Å². The first-order valence-corrected chi connectivity index (χ1v) is 6.78. The average molecular weight is 284 g/mol. The van der Waals surface area contributed by atoms with Crippen molar-refractivity contribution >= 4 is 5.78 Å². The van der Waals surface area contributed by atoms with E-state index >= 15 is 0 Å². The van der Waals surface area contributed by atoms with Crippen molar-refractivity contribution in [1.29, 1.82) is 0 Å². The van der Waals surface area contributed by atoms with E-state index in [0.717, 1.165) is 22.6 Å². The molecular weight excluding hydrogens is 268 g/mol. The summed E-state index contributed by atoms with van der Waals surface area (Å²) in [7, 11) is 1.62. The summed E-state index contributed by atoms with van der Waals surface area (Å²) in [6.07, 6.45) is 0.807. The topological polar surface area (TPSA) is 44.8 Å². The third kappa shape index (κ3) is 3.16. The molecule has 0 bridgehead atoms. The van der Waals surface area contributed by atoms with E-state index in [0.29, 0.717) is 18.6 Å². The molecule has 1 heterocycles. The van der Waals surface area contributed by atoms with Crippen molar-refractivity contribution in [3.63, 3.8) is 0 Å². The maximum atomic E-state index is 12.1. The van der Waals surface area contributed by atoms with Crippen LogP contribution in [0.5, 0.6) is 17.2 Å². The fourth-order valence-corrected chi connectivity index (χ4v) is 2.31. The van der Waals surface area contributed by atoms with Gasteiger partial charge in [0, 0.05) is 12.8 Å². The lowest BCUT2D eigenvalue weighted by atomic mass is 10.0. The Morgan fingerprint density at radius 2 is 1.67 bits per heavy atom. The molecule has 0 amide bonds. The summed E-state index contributed by atoms with van der Waals surface area (Å²) in [5.74, 6) is 2.41. The first-order chi connectivity index (χ1) is 10.2. The van der Waals surface area contributed by atoms with Crippen LogP contribution >= 0.6 is 0 Å². The lowest BCUT2D eigenvalue weighted by molar-refractivity contribution is -0.117. The Balaban J connectivity index is 1.63. The fourth-order valence-electron chi connectivity index (χ4n) is 2.31. The van der Waals surface area contributed by atoms with Gasteiger partial charge in [-0.05, 0) is 35.4 Å². The van der Waals surface area contributed by atoms with E-state index in [2.05, 4.69) is 0 Å². The van der Waals surface area contributed by atoms with Crippen LogP contribution in [0, 0.1) is 0 Å². The Labute approximate surface area is 123 Å². The van der Waals surface area contributed by atoms with E-state index < -0.39 is 0 Å². The summed E-state index contributed by atoms with van der Waals surface area (Å²) < 4.78 is 15.7. The Bertz CT molecular complexity index is 646. The standard InChI is InChI=1S/C17H16O4/c1-19-15-5-2-12(3-6-15)8-14(18)9-13-4-7-16-17(10-13)21-11-20-16/h2-7,10H,8-9,11H2,1H3. The number of carbonyl (C=O) groups excluding carboxylic acids is 1. The van der Waals surface area contributed by atoms with E-state index in [1.54, 1.807) is 7.11 Å². The Morgan fingerprint density at radius 3 is 2.43 bits per heavy atom. The number of methoxy groups -OCH3 is 1. The van der Waals surface area contributed by atoms with Gasteiger partial charge in [0.2, 0.25) is 6.79 Å². The van der Waals surface area contributed by atoms with Crippen LogP contribution in [0.15, 0.2) is 42.5 Å². The van der Waals surface area contributed by atoms with Gasteiger partial charge in [-0.3, -0.25) is 4.79 Å². The number of rotatable bonds is 5. The zero-order valence-corrected chi connectivity index (χ0v) is 11.8. The summed E-state index contributed by atoms with van der Waals surface area (Å²) in [6, 6.07) is 13.2. The van der Waals surface area contributed by atoms with Crippen molar-refractivity contribution in [2.24, 2.45) is 0 Å². The van der Waals surface area contributed by atoms with E-state index in [9.17, 15) is 4.79 Å². The highest BCUT2D eigenvalue weighted by molar-refractivity contribution is 5.83. The van der Waals surface area contributed by atoms with Crippen LogP contribution in [0.2, 0.25) is 0 Å². The molecule has 0 saturated carbocycles. The molecule has 1 aliphatic rings. The molecule has 1 aliphatic heterocycles. The number of fused-ring (bicyclic) bond motifs is 1. The van der Waals surface area contributed by atoms with E-state index in [1.807, 2.05) is 42.5 Å². The van der Waals surface area contributed by atoms with E-state index in [-0.39, 0.29) is 12.6 Å². The highest BCUT2D eigenvalue weighted by Crippen LogP contribution is 2.32. The van der Waals surface area contributed by atoms with Gasteiger partial charge in [-0.1, -0.05) is 18.2 Å². The number of carbonyl (C=O) groups is 1. The van der Waals surface area contributed by atoms with Crippen LogP contribution in [0.3, 0.4) is 0 Å². The minimum absolute atomic E-state index is 0.166. The molecule has 2 aromatic carbocycles. The molecule has 0 spiro atoms. The highest BCUT2D eigenvalue weighted by atomic mass is 16.7. The summed E-state index contributed by atoms with van der Waals surface area (Å²) in [5.41, 5.74) is 1.93. The predicted octanol–water partition coefficient (Wildman–Crippen LogP) is 2.78. The molecule has 108 valence electrons.